The van der Waals surface area contributed by atoms with Crippen LogP contribution in [-0.4, -0.2) is 23.3 Å². The summed E-state index contributed by atoms with van der Waals surface area (Å²) in [5.41, 5.74) is 2.70. The predicted octanol–water partition coefficient (Wildman–Crippen LogP) is 3.75. The van der Waals surface area contributed by atoms with Crippen molar-refractivity contribution in [3.8, 4) is 0 Å². The van der Waals surface area contributed by atoms with Gasteiger partial charge in [-0.3, -0.25) is 9.69 Å². The van der Waals surface area contributed by atoms with Gasteiger partial charge >= 0.3 is 0 Å². The maximum atomic E-state index is 11.7. The fourth-order valence-corrected chi connectivity index (χ4v) is 2.88. The molecule has 0 bridgehead atoms. The third kappa shape index (κ3) is 3.66. The van der Waals surface area contributed by atoms with Crippen molar-refractivity contribution in [3.05, 3.63) is 35.4 Å². The van der Waals surface area contributed by atoms with Gasteiger partial charge in [0, 0.05) is 6.54 Å². The Kier molecular flexibility index (Phi) is 4.76. The molecule has 0 aliphatic carbocycles. The van der Waals surface area contributed by atoms with E-state index >= 15 is 0 Å². The Bertz CT molecular complexity index is 421. The van der Waals surface area contributed by atoms with Crippen molar-refractivity contribution in [1.29, 1.82) is 0 Å². The van der Waals surface area contributed by atoms with Crippen molar-refractivity contribution in [2.45, 2.75) is 58.5 Å². The number of rotatable bonds is 4. The molecule has 2 rings (SSSR count). The van der Waals surface area contributed by atoms with Gasteiger partial charge in [0.15, 0.2) is 0 Å². The van der Waals surface area contributed by atoms with Crippen molar-refractivity contribution < 1.29 is 4.79 Å². The first-order valence-corrected chi connectivity index (χ1v) is 7.41. The Morgan fingerprint density at radius 1 is 1.26 bits per heavy atom. The first-order valence-electron chi connectivity index (χ1n) is 7.41. The molecule has 19 heavy (non-hydrogen) atoms. The second-order valence-corrected chi connectivity index (χ2v) is 5.99. The summed E-state index contributed by atoms with van der Waals surface area (Å²) in [6.45, 7) is 8.11. The fraction of sp³-hybridized carbons (Fsp3) is 0.588. The van der Waals surface area contributed by atoms with Crippen molar-refractivity contribution in [2.24, 2.45) is 0 Å². The Hall–Kier alpha value is -1.15. The number of benzene rings is 1. The highest BCUT2D eigenvalue weighted by Crippen LogP contribution is 2.21. The van der Waals surface area contributed by atoms with Gasteiger partial charge < -0.3 is 0 Å². The molecule has 0 amide bonds. The van der Waals surface area contributed by atoms with E-state index in [-0.39, 0.29) is 6.04 Å². The topological polar surface area (TPSA) is 20.3 Å². The van der Waals surface area contributed by atoms with Crippen LogP contribution >= 0.6 is 0 Å². The molecule has 0 N–H and O–H groups in total. The summed E-state index contributed by atoms with van der Waals surface area (Å²) < 4.78 is 0. The molecule has 1 unspecified atom stereocenters. The highest BCUT2D eigenvalue weighted by molar-refractivity contribution is 5.81. The smallest absolute Gasteiger partial charge is 0.146 e. The molecule has 0 saturated carbocycles. The van der Waals surface area contributed by atoms with Crippen LogP contribution in [-0.2, 0) is 11.3 Å². The maximum Gasteiger partial charge on any atom is 0.146 e. The van der Waals surface area contributed by atoms with Crippen LogP contribution in [0.1, 0.15) is 57.1 Å². The second kappa shape index (κ2) is 6.33. The summed E-state index contributed by atoms with van der Waals surface area (Å²) in [5, 5.41) is 0. The average Bonchev–Trinajstić information content (AvgIpc) is 2.39. The summed E-state index contributed by atoms with van der Waals surface area (Å²) >= 11 is 0. The summed E-state index contributed by atoms with van der Waals surface area (Å²) in [6.07, 6.45) is 3.43. The minimum atomic E-state index is 0.138. The van der Waals surface area contributed by atoms with Crippen LogP contribution in [0.3, 0.4) is 0 Å². The Morgan fingerprint density at radius 2 is 1.95 bits per heavy atom. The SMILES string of the molecule is CC(=O)C1CCCCN1Cc1ccc(C(C)C)cc1. The van der Waals surface area contributed by atoms with Gasteiger partial charge in [-0.2, -0.15) is 0 Å². The number of carbonyl (C=O) groups excluding carboxylic acids is 1. The molecule has 0 spiro atoms. The standard InChI is InChI=1S/C17H25NO/c1-13(2)16-9-7-15(8-10-16)12-18-11-5-4-6-17(18)14(3)19/h7-10,13,17H,4-6,11-12H2,1-3H3. The lowest BCUT2D eigenvalue weighted by Gasteiger charge is -2.34. The molecule has 2 heteroatoms. The minimum Gasteiger partial charge on any atom is -0.298 e. The molecule has 1 aromatic carbocycles. The quantitative estimate of drug-likeness (QED) is 0.820. The number of nitrogens with zero attached hydrogens (tertiary/aromatic N) is 1. The van der Waals surface area contributed by atoms with Crippen molar-refractivity contribution >= 4 is 5.78 Å². The zero-order valence-corrected chi connectivity index (χ0v) is 12.4. The number of hydrogen-bond acceptors (Lipinski definition) is 2. The molecule has 104 valence electrons. The van der Waals surface area contributed by atoms with Gasteiger partial charge in [-0.15, -0.1) is 0 Å². The molecule has 1 atom stereocenters. The third-order valence-corrected chi connectivity index (χ3v) is 4.11. The van der Waals surface area contributed by atoms with Gasteiger partial charge in [0.2, 0.25) is 0 Å². The number of carbonyl (C=O) groups is 1. The lowest BCUT2D eigenvalue weighted by Crippen LogP contribution is -2.43. The molecule has 1 saturated heterocycles. The van der Waals surface area contributed by atoms with Gasteiger partial charge in [-0.05, 0) is 43.4 Å². The molecule has 0 aromatic heterocycles. The lowest BCUT2D eigenvalue weighted by molar-refractivity contribution is -0.123. The largest absolute Gasteiger partial charge is 0.298 e. The summed E-state index contributed by atoms with van der Waals surface area (Å²) in [5.74, 6) is 0.896. The predicted molar refractivity (Wildman–Crippen MR) is 79.3 cm³/mol. The van der Waals surface area contributed by atoms with E-state index < -0.39 is 0 Å². The van der Waals surface area contributed by atoms with Gasteiger partial charge in [-0.25, -0.2) is 0 Å². The van der Waals surface area contributed by atoms with E-state index in [2.05, 4.69) is 43.0 Å². The van der Waals surface area contributed by atoms with Gasteiger partial charge in [0.05, 0.1) is 6.04 Å². The molecular formula is C17H25NO. The molecular weight excluding hydrogens is 234 g/mol. The van der Waals surface area contributed by atoms with Crippen LogP contribution in [0.5, 0.6) is 0 Å². The number of likely N-dealkylation sites (tertiary alicyclic amines) is 1. The molecule has 1 fully saturated rings. The van der Waals surface area contributed by atoms with Crippen molar-refractivity contribution in [3.63, 3.8) is 0 Å². The number of hydrogen-bond donors (Lipinski definition) is 0. The summed E-state index contributed by atoms with van der Waals surface area (Å²) in [6, 6.07) is 8.99. The first-order chi connectivity index (χ1) is 9.08. The van der Waals surface area contributed by atoms with Crippen LogP contribution in [0.25, 0.3) is 0 Å². The summed E-state index contributed by atoms with van der Waals surface area (Å²) in [7, 11) is 0. The fourth-order valence-electron chi connectivity index (χ4n) is 2.88. The van der Waals surface area contributed by atoms with Gasteiger partial charge in [0.25, 0.3) is 0 Å². The van der Waals surface area contributed by atoms with E-state index in [9.17, 15) is 4.79 Å². The molecule has 1 aromatic rings. The highest BCUT2D eigenvalue weighted by atomic mass is 16.1. The number of Topliss-reactive ketones (excluding diaryl/α,β-unsaturated/α-hetero) is 1. The Morgan fingerprint density at radius 3 is 2.53 bits per heavy atom. The van der Waals surface area contributed by atoms with E-state index in [4.69, 9.17) is 0 Å². The van der Waals surface area contributed by atoms with Crippen molar-refractivity contribution in [2.75, 3.05) is 6.54 Å². The summed E-state index contributed by atoms with van der Waals surface area (Å²) in [4.78, 5) is 14.0. The Labute approximate surface area is 116 Å². The normalized spacial score (nSPS) is 20.7. The molecule has 1 aliphatic heterocycles. The Balaban J connectivity index is 2.04. The van der Waals surface area contributed by atoms with Gasteiger partial charge in [0.1, 0.15) is 5.78 Å². The third-order valence-electron chi connectivity index (χ3n) is 4.11. The van der Waals surface area contributed by atoms with E-state index in [1.54, 1.807) is 6.92 Å². The lowest BCUT2D eigenvalue weighted by atomic mass is 9.97. The van der Waals surface area contributed by atoms with Crippen molar-refractivity contribution in [1.82, 2.24) is 4.90 Å². The van der Waals surface area contributed by atoms with Crippen LogP contribution in [0.2, 0.25) is 0 Å². The van der Waals surface area contributed by atoms with E-state index in [1.165, 1.54) is 24.0 Å². The number of ketones is 1. The number of piperidine rings is 1. The average molecular weight is 259 g/mol. The molecule has 1 heterocycles. The van der Waals surface area contributed by atoms with Crippen LogP contribution in [0, 0.1) is 0 Å². The first kappa shape index (κ1) is 14.3. The van der Waals surface area contributed by atoms with E-state index in [0.29, 0.717) is 11.7 Å². The van der Waals surface area contributed by atoms with E-state index in [1.807, 2.05) is 0 Å². The minimum absolute atomic E-state index is 0.138. The monoisotopic (exact) mass is 259 g/mol. The second-order valence-electron chi connectivity index (χ2n) is 5.99. The molecule has 0 radical (unpaired) electrons. The zero-order valence-electron chi connectivity index (χ0n) is 12.4. The van der Waals surface area contributed by atoms with Crippen LogP contribution in [0.4, 0.5) is 0 Å². The van der Waals surface area contributed by atoms with E-state index in [0.717, 1.165) is 19.5 Å². The zero-order chi connectivity index (χ0) is 13.8. The van der Waals surface area contributed by atoms with Crippen LogP contribution in [0.15, 0.2) is 24.3 Å². The van der Waals surface area contributed by atoms with Crippen LogP contribution < -0.4 is 0 Å². The highest BCUT2D eigenvalue weighted by Gasteiger charge is 2.25. The molecule has 1 aliphatic rings. The van der Waals surface area contributed by atoms with Gasteiger partial charge in [-0.1, -0.05) is 44.5 Å². The molecule has 2 nitrogen and oxygen atoms in total. The maximum absolute atomic E-state index is 11.7.